The van der Waals surface area contributed by atoms with E-state index in [-0.39, 0.29) is 17.2 Å². The first kappa shape index (κ1) is 15.6. The molecule has 0 radical (unpaired) electrons. The van der Waals surface area contributed by atoms with Crippen LogP contribution in [0.4, 0.5) is 5.69 Å². The second-order valence-corrected chi connectivity index (χ2v) is 5.72. The lowest BCUT2D eigenvalue weighted by Crippen LogP contribution is -2.28. The molecule has 122 valence electrons. The maximum Gasteiger partial charge on any atom is 0.263 e. The van der Waals surface area contributed by atoms with Crippen LogP contribution in [0.1, 0.15) is 34.7 Å². The quantitative estimate of drug-likeness (QED) is 0.827. The fraction of sp³-hybridized carbons (Fsp3) is 0.412. The summed E-state index contributed by atoms with van der Waals surface area (Å²) in [5, 5.41) is 3.18. The largest absolute Gasteiger partial charge is 0.467 e. The molecule has 0 spiro atoms. The summed E-state index contributed by atoms with van der Waals surface area (Å²) in [6.07, 6.45) is 4.36. The Balaban J connectivity index is 1.85. The number of nitrogens with one attached hydrogen (secondary N) is 1. The van der Waals surface area contributed by atoms with Crippen molar-refractivity contribution in [2.24, 2.45) is 0 Å². The molecule has 3 heterocycles. The van der Waals surface area contributed by atoms with Crippen LogP contribution in [0.5, 0.6) is 0 Å². The molecule has 0 unspecified atom stereocenters. The SMILES string of the molecule is Cc1cc(NC[C@H]2CCCO2)c(C=O)c(=O)n1Cc1ccco1. The number of hydrogen-bond acceptors (Lipinski definition) is 5. The summed E-state index contributed by atoms with van der Waals surface area (Å²) in [4.78, 5) is 24.0. The topological polar surface area (TPSA) is 73.5 Å². The van der Waals surface area contributed by atoms with Gasteiger partial charge in [-0.15, -0.1) is 0 Å². The molecule has 6 nitrogen and oxygen atoms in total. The second-order valence-electron chi connectivity index (χ2n) is 5.72. The number of aldehydes is 1. The Hall–Kier alpha value is -2.34. The van der Waals surface area contributed by atoms with Gasteiger partial charge in [0, 0.05) is 18.8 Å². The standard InChI is InChI=1S/C17H20N2O4/c1-12-8-16(18-9-13-4-2-6-22-13)15(11-20)17(21)19(12)10-14-5-3-7-23-14/h3,5,7-8,11,13,18H,2,4,6,9-10H2,1H3/t13-/m1/s1. The van der Waals surface area contributed by atoms with Gasteiger partial charge in [0.25, 0.3) is 5.56 Å². The molecule has 2 aromatic rings. The zero-order valence-electron chi connectivity index (χ0n) is 13.1. The van der Waals surface area contributed by atoms with Crippen molar-refractivity contribution in [3.05, 3.63) is 51.8 Å². The maximum absolute atomic E-state index is 12.6. The Morgan fingerprint density at radius 2 is 2.35 bits per heavy atom. The van der Waals surface area contributed by atoms with Crippen LogP contribution in [0.2, 0.25) is 0 Å². The van der Waals surface area contributed by atoms with Gasteiger partial charge >= 0.3 is 0 Å². The number of hydrogen-bond donors (Lipinski definition) is 1. The van der Waals surface area contributed by atoms with Gasteiger partial charge in [0.05, 0.1) is 24.6 Å². The van der Waals surface area contributed by atoms with E-state index in [0.717, 1.165) is 25.1 Å². The third-order valence-electron chi connectivity index (χ3n) is 4.10. The van der Waals surface area contributed by atoms with Gasteiger partial charge in [0.1, 0.15) is 11.3 Å². The van der Waals surface area contributed by atoms with E-state index in [1.54, 1.807) is 23.0 Å². The number of nitrogens with zero attached hydrogens (tertiary/aromatic N) is 1. The van der Waals surface area contributed by atoms with Crippen molar-refractivity contribution in [2.75, 3.05) is 18.5 Å². The Morgan fingerprint density at radius 3 is 3.00 bits per heavy atom. The molecule has 1 atom stereocenters. The number of aryl methyl sites for hydroxylation is 1. The van der Waals surface area contributed by atoms with Crippen molar-refractivity contribution in [3.63, 3.8) is 0 Å². The minimum atomic E-state index is -0.314. The summed E-state index contributed by atoms with van der Waals surface area (Å²) in [5.41, 5.74) is 1.16. The molecule has 1 saturated heterocycles. The molecular weight excluding hydrogens is 296 g/mol. The smallest absolute Gasteiger partial charge is 0.263 e. The van der Waals surface area contributed by atoms with Crippen LogP contribution in [0.3, 0.4) is 0 Å². The van der Waals surface area contributed by atoms with Gasteiger partial charge in [-0.3, -0.25) is 9.59 Å². The van der Waals surface area contributed by atoms with E-state index in [1.165, 1.54) is 0 Å². The monoisotopic (exact) mass is 316 g/mol. The van der Waals surface area contributed by atoms with Crippen molar-refractivity contribution < 1.29 is 13.9 Å². The van der Waals surface area contributed by atoms with Crippen LogP contribution in [0, 0.1) is 6.92 Å². The lowest BCUT2D eigenvalue weighted by Gasteiger charge is -2.16. The van der Waals surface area contributed by atoms with Crippen molar-refractivity contribution in [1.29, 1.82) is 0 Å². The number of rotatable bonds is 6. The fourth-order valence-electron chi connectivity index (χ4n) is 2.83. The summed E-state index contributed by atoms with van der Waals surface area (Å²) in [5.74, 6) is 0.673. The van der Waals surface area contributed by atoms with E-state index >= 15 is 0 Å². The second kappa shape index (κ2) is 6.83. The molecule has 6 heteroatoms. The van der Waals surface area contributed by atoms with Crippen LogP contribution in [-0.2, 0) is 11.3 Å². The van der Waals surface area contributed by atoms with Crippen LogP contribution in [0.25, 0.3) is 0 Å². The van der Waals surface area contributed by atoms with Gasteiger partial charge < -0.3 is 19.0 Å². The minimum absolute atomic E-state index is 0.139. The third kappa shape index (κ3) is 3.37. The number of furan rings is 1. The molecule has 1 aliphatic heterocycles. The van der Waals surface area contributed by atoms with E-state index in [1.807, 2.05) is 13.0 Å². The van der Waals surface area contributed by atoms with Gasteiger partial charge in [-0.05, 0) is 38.0 Å². The summed E-state index contributed by atoms with van der Waals surface area (Å²) in [7, 11) is 0. The highest BCUT2D eigenvalue weighted by molar-refractivity contribution is 5.83. The number of pyridine rings is 1. The molecular formula is C17H20N2O4. The predicted octanol–water partition coefficient (Wildman–Crippen LogP) is 2.20. The fourth-order valence-corrected chi connectivity index (χ4v) is 2.83. The summed E-state index contributed by atoms with van der Waals surface area (Å²) in [6, 6.07) is 5.40. The van der Waals surface area contributed by atoms with Crippen LogP contribution >= 0.6 is 0 Å². The highest BCUT2D eigenvalue weighted by Crippen LogP contribution is 2.17. The molecule has 1 aliphatic rings. The first-order chi connectivity index (χ1) is 11.2. The molecule has 0 bridgehead atoms. The number of ether oxygens (including phenoxy) is 1. The lowest BCUT2D eigenvalue weighted by atomic mass is 10.2. The van der Waals surface area contributed by atoms with Gasteiger partial charge in [0.2, 0.25) is 0 Å². The van der Waals surface area contributed by atoms with Crippen LogP contribution < -0.4 is 10.9 Å². The van der Waals surface area contributed by atoms with Crippen molar-refractivity contribution in [2.45, 2.75) is 32.4 Å². The van der Waals surface area contributed by atoms with E-state index in [2.05, 4.69) is 5.32 Å². The third-order valence-corrected chi connectivity index (χ3v) is 4.10. The van der Waals surface area contributed by atoms with E-state index in [4.69, 9.17) is 9.15 Å². The first-order valence-electron chi connectivity index (χ1n) is 7.76. The number of carbonyl (C=O) groups excluding carboxylic acids is 1. The average Bonchev–Trinajstić information content (AvgIpc) is 3.22. The van der Waals surface area contributed by atoms with E-state index < -0.39 is 0 Å². The van der Waals surface area contributed by atoms with Gasteiger partial charge in [-0.1, -0.05) is 0 Å². The molecule has 1 fully saturated rings. The predicted molar refractivity (Wildman–Crippen MR) is 86.1 cm³/mol. The molecule has 2 aromatic heterocycles. The molecule has 0 aromatic carbocycles. The zero-order valence-corrected chi connectivity index (χ0v) is 13.1. The Bertz CT molecular complexity index is 728. The normalized spacial score (nSPS) is 17.3. The maximum atomic E-state index is 12.6. The molecule has 23 heavy (non-hydrogen) atoms. The minimum Gasteiger partial charge on any atom is -0.467 e. The van der Waals surface area contributed by atoms with Crippen LogP contribution in [-0.4, -0.2) is 30.1 Å². The van der Waals surface area contributed by atoms with Crippen molar-refractivity contribution in [3.8, 4) is 0 Å². The molecule has 0 aliphatic carbocycles. The Kier molecular flexibility index (Phi) is 4.62. The zero-order chi connectivity index (χ0) is 16.2. The highest BCUT2D eigenvalue weighted by atomic mass is 16.5. The van der Waals surface area contributed by atoms with E-state index in [0.29, 0.717) is 30.8 Å². The molecule has 0 amide bonds. The summed E-state index contributed by atoms with van der Waals surface area (Å²) in [6.45, 7) is 3.53. The van der Waals surface area contributed by atoms with Gasteiger partial charge in [-0.2, -0.15) is 0 Å². The van der Waals surface area contributed by atoms with Crippen molar-refractivity contribution in [1.82, 2.24) is 4.57 Å². The Morgan fingerprint density at radius 1 is 1.48 bits per heavy atom. The number of carbonyl (C=O) groups is 1. The average molecular weight is 316 g/mol. The molecule has 1 N–H and O–H groups in total. The van der Waals surface area contributed by atoms with Gasteiger partial charge in [-0.25, -0.2) is 0 Å². The molecule has 0 saturated carbocycles. The van der Waals surface area contributed by atoms with Crippen molar-refractivity contribution >= 4 is 12.0 Å². The summed E-state index contributed by atoms with van der Waals surface area (Å²) >= 11 is 0. The number of aromatic nitrogens is 1. The van der Waals surface area contributed by atoms with Gasteiger partial charge in [0.15, 0.2) is 6.29 Å². The number of anilines is 1. The molecule has 3 rings (SSSR count). The highest BCUT2D eigenvalue weighted by Gasteiger charge is 2.18. The Labute approximate surface area is 134 Å². The van der Waals surface area contributed by atoms with Crippen LogP contribution in [0.15, 0.2) is 33.7 Å². The van der Waals surface area contributed by atoms with E-state index in [9.17, 15) is 9.59 Å². The first-order valence-corrected chi connectivity index (χ1v) is 7.76. The lowest BCUT2D eigenvalue weighted by molar-refractivity contribution is 0.112. The summed E-state index contributed by atoms with van der Waals surface area (Å²) < 4.78 is 12.4.